The van der Waals surface area contributed by atoms with Crippen LogP contribution >= 0.6 is 0 Å². The Balaban J connectivity index is 2.04. The molecule has 0 aliphatic rings. The van der Waals surface area contributed by atoms with Crippen LogP contribution < -0.4 is 20.6 Å². The standard InChI is InChI=1S/C17H18N4O4/c1-2-24-15-9-12(3-4-14(15)25-11-16(18)22)10-20-21-17(23)13-5-7-19-8-6-13/h3-10H,2,11H2,1H3,(H2,18,22)(H,21,23)/b20-10-. The first-order chi connectivity index (χ1) is 12.1. The van der Waals surface area contributed by atoms with Crippen molar-refractivity contribution >= 4 is 18.0 Å². The molecule has 0 aliphatic carbocycles. The number of benzene rings is 1. The number of ether oxygens (including phenoxy) is 2. The monoisotopic (exact) mass is 342 g/mol. The average molecular weight is 342 g/mol. The number of hydrazone groups is 1. The summed E-state index contributed by atoms with van der Waals surface area (Å²) in [6.07, 6.45) is 4.52. The number of hydrogen-bond acceptors (Lipinski definition) is 6. The number of nitrogens with zero attached hydrogens (tertiary/aromatic N) is 2. The predicted molar refractivity (Wildman–Crippen MR) is 91.6 cm³/mol. The van der Waals surface area contributed by atoms with Gasteiger partial charge in [-0.1, -0.05) is 0 Å². The molecule has 2 aromatic rings. The fourth-order valence-electron chi connectivity index (χ4n) is 1.87. The fourth-order valence-corrected chi connectivity index (χ4v) is 1.87. The summed E-state index contributed by atoms with van der Waals surface area (Å²) in [6.45, 7) is 2.01. The highest BCUT2D eigenvalue weighted by molar-refractivity contribution is 5.94. The Morgan fingerprint density at radius 1 is 1.20 bits per heavy atom. The van der Waals surface area contributed by atoms with Gasteiger partial charge in [0.2, 0.25) is 0 Å². The Morgan fingerprint density at radius 3 is 2.64 bits per heavy atom. The summed E-state index contributed by atoms with van der Waals surface area (Å²) in [5.41, 5.74) is 8.63. The van der Waals surface area contributed by atoms with E-state index in [1.807, 2.05) is 6.92 Å². The van der Waals surface area contributed by atoms with Crippen LogP contribution in [-0.4, -0.2) is 36.2 Å². The molecule has 0 bridgehead atoms. The van der Waals surface area contributed by atoms with Gasteiger partial charge in [0.15, 0.2) is 18.1 Å². The van der Waals surface area contributed by atoms with E-state index in [1.165, 1.54) is 18.6 Å². The van der Waals surface area contributed by atoms with Crippen molar-refractivity contribution in [2.45, 2.75) is 6.92 Å². The molecule has 0 spiro atoms. The number of carbonyl (C=O) groups excluding carboxylic acids is 2. The van der Waals surface area contributed by atoms with Crippen LogP contribution in [0.3, 0.4) is 0 Å². The van der Waals surface area contributed by atoms with Crippen LogP contribution in [0.25, 0.3) is 0 Å². The fraction of sp³-hybridized carbons (Fsp3) is 0.176. The average Bonchev–Trinajstić information content (AvgIpc) is 2.62. The van der Waals surface area contributed by atoms with Gasteiger partial charge < -0.3 is 15.2 Å². The zero-order valence-corrected chi connectivity index (χ0v) is 13.6. The molecule has 0 saturated carbocycles. The number of amides is 2. The third kappa shape index (κ3) is 5.61. The number of pyridine rings is 1. The maximum atomic E-state index is 11.9. The lowest BCUT2D eigenvalue weighted by Crippen LogP contribution is -2.20. The summed E-state index contributed by atoms with van der Waals surface area (Å²) < 4.78 is 10.8. The Morgan fingerprint density at radius 2 is 1.96 bits per heavy atom. The molecular formula is C17H18N4O4. The van der Waals surface area contributed by atoms with Gasteiger partial charge in [-0.25, -0.2) is 5.43 Å². The zero-order chi connectivity index (χ0) is 18.1. The highest BCUT2D eigenvalue weighted by Gasteiger charge is 2.07. The van der Waals surface area contributed by atoms with Gasteiger partial charge in [0, 0.05) is 18.0 Å². The highest BCUT2D eigenvalue weighted by atomic mass is 16.5. The molecule has 0 saturated heterocycles. The Kier molecular flexibility index (Phi) is 6.47. The SMILES string of the molecule is CCOc1cc(/C=N\NC(=O)c2ccncc2)ccc1OCC(N)=O. The number of carbonyl (C=O) groups is 2. The van der Waals surface area contributed by atoms with E-state index < -0.39 is 5.91 Å². The largest absolute Gasteiger partial charge is 0.490 e. The lowest BCUT2D eigenvalue weighted by molar-refractivity contribution is -0.119. The summed E-state index contributed by atoms with van der Waals surface area (Å²) in [4.78, 5) is 26.5. The molecular weight excluding hydrogens is 324 g/mol. The van der Waals surface area contributed by atoms with Crippen molar-refractivity contribution in [2.75, 3.05) is 13.2 Å². The predicted octanol–water partition coefficient (Wildman–Crippen LogP) is 1.11. The Labute approximate surface area is 144 Å². The number of aromatic nitrogens is 1. The molecule has 8 nitrogen and oxygen atoms in total. The van der Waals surface area contributed by atoms with Gasteiger partial charge in [0.25, 0.3) is 11.8 Å². The molecule has 1 aromatic heterocycles. The minimum absolute atomic E-state index is 0.241. The molecule has 8 heteroatoms. The summed E-state index contributed by atoms with van der Waals surface area (Å²) in [5.74, 6) is -0.0659. The van der Waals surface area contributed by atoms with E-state index in [0.717, 1.165) is 0 Å². The van der Waals surface area contributed by atoms with Crippen LogP contribution in [0.4, 0.5) is 0 Å². The number of rotatable bonds is 8. The van der Waals surface area contributed by atoms with Crippen LogP contribution in [0, 0.1) is 0 Å². The second-order valence-electron chi connectivity index (χ2n) is 4.83. The van der Waals surface area contributed by atoms with Gasteiger partial charge in [-0.2, -0.15) is 5.10 Å². The first kappa shape index (κ1) is 17.9. The first-order valence-electron chi connectivity index (χ1n) is 7.51. The second kappa shape index (κ2) is 9.02. The van der Waals surface area contributed by atoms with E-state index in [4.69, 9.17) is 15.2 Å². The molecule has 2 amide bonds. The van der Waals surface area contributed by atoms with Gasteiger partial charge in [0.1, 0.15) is 0 Å². The molecule has 130 valence electrons. The van der Waals surface area contributed by atoms with Crippen molar-refractivity contribution in [1.29, 1.82) is 0 Å². The Bertz CT molecular complexity index is 762. The van der Waals surface area contributed by atoms with Gasteiger partial charge >= 0.3 is 0 Å². The second-order valence-corrected chi connectivity index (χ2v) is 4.83. The molecule has 0 fully saturated rings. The normalized spacial score (nSPS) is 10.4. The lowest BCUT2D eigenvalue weighted by atomic mass is 10.2. The lowest BCUT2D eigenvalue weighted by Gasteiger charge is -2.11. The number of hydrogen-bond donors (Lipinski definition) is 2. The minimum atomic E-state index is -0.577. The summed E-state index contributed by atoms with van der Waals surface area (Å²) in [7, 11) is 0. The highest BCUT2D eigenvalue weighted by Crippen LogP contribution is 2.27. The van der Waals surface area contributed by atoms with E-state index in [1.54, 1.807) is 30.3 Å². The molecule has 0 aliphatic heterocycles. The van der Waals surface area contributed by atoms with Gasteiger partial charge in [-0.3, -0.25) is 14.6 Å². The van der Waals surface area contributed by atoms with E-state index in [2.05, 4.69) is 15.5 Å². The third-order valence-corrected chi connectivity index (χ3v) is 2.96. The first-order valence-corrected chi connectivity index (χ1v) is 7.51. The van der Waals surface area contributed by atoms with Gasteiger partial charge in [-0.05, 0) is 42.8 Å². The van der Waals surface area contributed by atoms with E-state index in [9.17, 15) is 9.59 Å². The van der Waals surface area contributed by atoms with E-state index in [0.29, 0.717) is 29.2 Å². The molecule has 3 N–H and O–H groups in total. The number of nitrogens with two attached hydrogens (primary N) is 1. The smallest absolute Gasteiger partial charge is 0.271 e. The summed E-state index contributed by atoms with van der Waals surface area (Å²) >= 11 is 0. The van der Waals surface area contributed by atoms with Crippen LogP contribution in [0.1, 0.15) is 22.8 Å². The van der Waals surface area contributed by atoms with E-state index >= 15 is 0 Å². The molecule has 2 rings (SSSR count). The Hall–Kier alpha value is -3.42. The van der Waals surface area contributed by atoms with Crippen LogP contribution in [0.2, 0.25) is 0 Å². The zero-order valence-electron chi connectivity index (χ0n) is 13.6. The topological polar surface area (TPSA) is 116 Å². The molecule has 1 heterocycles. The number of primary amides is 1. The number of nitrogens with one attached hydrogen (secondary N) is 1. The van der Waals surface area contributed by atoms with Crippen molar-refractivity contribution in [3.05, 3.63) is 53.9 Å². The molecule has 1 aromatic carbocycles. The maximum absolute atomic E-state index is 11.9. The summed E-state index contributed by atoms with van der Waals surface area (Å²) in [5, 5.41) is 3.91. The van der Waals surface area contributed by atoms with Crippen LogP contribution in [-0.2, 0) is 4.79 Å². The van der Waals surface area contributed by atoms with Gasteiger partial charge in [0.05, 0.1) is 12.8 Å². The summed E-state index contributed by atoms with van der Waals surface area (Å²) in [6, 6.07) is 8.20. The quantitative estimate of drug-likeness (QED) is 0.551. The third-order valence-electron chi connectivity index (χ3n) is 2.96. The van der Waals surface area contributed by atoms with Crippen molar-refractivity contribution in [3.8, 4) is 11.5 Å². The van der Waals surface area contributed by atoms with Crippen molar-refractivity contribution in [3.63, 3.8) is 0 Å². The van der Waals surface area contributed by atoms with E-state index in [-0.39, 0.29) is 12.5 Å². The van der Waals surface area contributed by atoms with Crippen molar-refractivity contribution < 1.29 is 19.1 Å². The molecule has 0 unspecified atom stereocenters. The van der Waals surface area contributed by atoms with Crippen LogP contribution in [0.15, 0.2) is 47.8 Å². The maximum Gasteiger partial charge on any atom is 0.271 e. The van der Waals surface area contributed by atoms with Crippen molar-refractivity contribution in [2.24, 2.45) is 10.8 Å². The van der Waals surface area contributed by atoms with Crippen LogP contribution in [0.5, 0.6) is 11.5 Å². The van der Waals surface area contributed by atoms with Gasteiger partial charge in [-0.15, -0.1) is 0 Å². The molecule has 0 atom stereocenters. The molecule has 25 heavy (non-hydrogen) atoms. The molecule has 0 radical (unpaired) electrons. The minimum Gasteiger partial charge on any atom is -0.490 e. The van der Waals surface area contributed by atoms with Crippen molar-refractivity contribution in [1.82, 2.24) is 10.4 Å².